The van der Waals surface area contributed by atoms with Gasteiger partial charge >= 0.3 is 0 Å². The number of nitrogens with zero attached hydrogens (tertiary/aromatic N) is 3. The Morgan fingerprint density at radius 2 is 1.85 bits per heavy atom. The molecule has 4 rings (SSSR count). The first-order chi connectivity index (χ1) is 12.4. The molecule has 2 aromatic rings. The Hall–Kier alpha value is -3.39. The van der Waals surface area contributed by atoms with E-state index in [0.717, 1.165) is 0 Å². The number of amides is 1. The summed E-state index contributed by atoms with van der Waals surface area (Å²) in [6, 6.07) is 14.1. The highest BCUT2D eigenvalue weighted by molar-refractivity contribution is 6.28. The molecular formula is C18H13N3O5. The van der Waals surface area contributed by atoms with Gasteiger partial charge in [-0.05, 0) is 31.2 Å². The number of ether oxygens (including phenoxy) is 1. The summed E-state index contributed by atoms with van der Waals surface area (Å²) in [7, 11) is 0. The van der Waals surface area contributed by atoms with Crippen molar-refractivity contribution in [2.24, 2.45) is 5.10 Å². The van der Waals surface area contributed by atoms with Crippen LogP contribution < -0.4 is 5.01 Å². The molecule has 8 nitrogen and oxygen atoms in total. The van der Waals surface area contributed by atoms with Crippen molar-refractivity contribution in [1.82, 2.24) is 0 Å². The van der Waals surface area contributed by atoms with Gasteiger partial charge in [0.25, 0.3) is 11.6 Å². The second-order valence-corrected chi connectivity index (χ2v) is 6.04. The van der Waals surface area contributed by atoms with Crippen LogP contribution in [-0.4, -0.2) is 34.0 Å². The normalized spacial score (nSPS) is 23.9. The molecule has 0 aliphatic carbocycles. The molecule has 0 N–H and O–H groups in total. The second-order valence-electron chi connectivity index (χ2n) is 6.04. The number of hydrogen-bond acceptors (Lipinski definition) is 6. The van der Waals surface area contributed by atoms with Crippen LogP contribution in [0.5, 0.6) is 0 Å². The van der Waals surface area contributed by atoms with E-state index >= 15 is 0 Å². The van der Waals surface area contributed by atoms with Crippen molar-refractivity contribution in [3.05, 3.63) is 70.3 Å². The summed E-state index contributed by atoms with van der Waals surface area (Å²) in [6.07, 6.45) is -0.978. The molecule has 0 bridgehead atoms. The molecule has 2 aromatic carbocycles. The number of nitro benzene ring substituents is 1. The Labute approximate surface area is 147 Å². The molecule has 2 aliphatic heterocycles. The van der Waals surface area contributed by atoms with Crippen molar-refractivity contribution in [1.29, 1.82) is 0 Å². The van der Waals surface area contributed by atoms with E-state index in [9.17, 15) is 19.7 Å². The SMILES string of the molecule is CC1=NN(c2ccccc2)C(=O)C12OC2C(=O)c1ccc([N+](=O)[O-])cc1. The second kappa shape index (κ2) is 5.57. The summed E-state index contributed by atoms with van der Waals surface area (Å²) in [5.74, 6) is -0.820. The Kier molecular flexibility index (Phi) is 3.45. The Morgan fingerprint density at radius 3 is 2.46 bits per heavy atom. The highest BCUT2D eigenvalue weighted by Crippen LogP contribution is 2.46. The number of nitro groups is 1. The number of anilines is 1. The number of para-hydroxylation sites is 1. The predicted molar refractivity (Wildman–Crippen MR) is 92.1 cm³/mol. The van der Waals surface area contributed by atoms with Crippen molar-refractivity contribution in [3.63, 3.8) is 0 Å². The molecular weight excluding hydrogens is 338 g/mol. The molecule has 26 heavy (non-hydrogen) atoms. The molecule has 1 spiro atoms. The predicted octanol–water partition coefficient (Wildman–Crippen LogP) is 2.34. The molecule has 2 heterocycles. The maximum absolute atomic E-state index is 12.8. The molecule has 0 aromatic heterocycles. The van der Waals surface area contributed by atoms with E-state index in [-0.39, 0.29) is 11.3 Å². The lowest BCUT2D eigenvalue weighted by Crippen LogP contribution is -2.38. The van der Waals surface area contributed by atoms with Crippen LogP contribution in [0.2, 0.25) is 0 Å². The van der Waals surface area contributed by atoms with Crippen molar-refractivity contribution < 1.29 is 19.2 Å². The third-order valence-electron chi connectivity index (χ3n) is 4.51. The molecule has 0 radical (unpaired) electrons. The topological polar surface area (TPSA) is 105 Å². The third kappa shape index (κ3) is 2.23. The van der Waals surface area contributed by atoms with Gasteiger partial charge in [-0.15, -0.1) is 0 Å². The first-order valence-electron chi connectivity index (χ1n) is 7.87. The fourth-order valence-corrected chi connectivity index (χ4v) is 3.05. The zero-order valence-corrected chi connectivity index (χ0v) is 13.7. The fraction of sp³-hybridized carbons (Fsp3) is 0.167. The molecule has 1 fully saturated rings. The van der Waals surface area contributed by atoms with Crippen LogP contribution >= 0.6 is 0 Å². The standard InChI is InChI=1S/C18H13N3O5/c1-11-18(17(23)20(19-11)13-5-3-2-4-6-13)16(26-18)15(22)12-7-9-14(10-8-12)21(24)25/h2-10,16H,1H3. The van der Waals surface area contributed by atoms with E-state index in [0.29, 0.717) is 11.4 Å². The number of carbonyl (C=O) groups excluding carboxylic acids is 2. The first kappa shape index (κ1) is 16.1. The number of hydrogen-bond donors (Lipinski definition) is 0. The average Bonchev–Trinajstić information content (AvgIpc) is 3.37. The molecule has 0 saturated carbocycles. The van der Waals surface area contributed by atoms with Gasteiger partial charge < -0.3 is 4.74 Å². The molecule has 2 aliphatic rings. The van der Waals surface area contributed by atoms with E-state index in [1.165, 1.54) is 29.3 Å². The monoisotopic (exact) mass is 351 g/mol. The average molecular weight is 351 g/mol. The summed E-state index contributed by atoms with van der Waals surface area (Å²) < 4.78 is 5.53. The first-order valence-corrected chi connectivity index (χ1v) is 7.87. The maximum atomic E-state index is 12.8. The fourth-order valence-electron chi connectivity index (χ4n) is 3.05. The summed E-state index contributed by atoms with van der Waals surface area (Å²) in [5, 5.41) is 16.2. The van der Waals surface area contributed by atoms with E-state index in [1.54, 1.807) is 31.2 Å². The van der Waals surface area contributed by atoms with E-state index in [4.69, 9.17) is 4.74 Å². The van der Waals surface area contributed by atoms with Crippen molar-refractivity contribution in [2.75, 3.05) is 5.01 Å². The lowest BCUT2D eigenvalue weighted by atomic mass is 9.94. The van der Waals surface area contributed by atoms with Gasteiger partial charge in [0.05, 0.1) is 16.3 Å². The number of rotatable bonds is 4. The molecule has 2 atom stereocenters. The molecule has 1 amide bonds. The minimum absolute atomic E-state index is 0.113. The number of non-ortho nitro benzene ring substituents is 1. The van der Waals surface area contributed by atoms with Crippen LogP contribution in [0.15, 0.2) is 59.7 Å². The van der Waals surface area contributed by atoms with Crippen molar-refractivity contribution >= 4 is 28.8 Å². The van der Waals surface area contributed by atoms with Crippen LogP contribution in [0.25, 0.3) is 0 Å². The van der Waals surface area contributed by atoms with Crippen LogP contribution in [-0.2, 0) is 9.53 Å². The van der Waals surface area contributed by atoms with Crippen LogP contribution in [0.1, 0.15) is 17.3 Å². The van der Waals surface area contributed by atoms with Gasteiger partial charge in [0.2, 0.25) is 5.60 Å². The molecule has 130 valence electrons. The van der Waals surface area contributed by atoms with Gasteiger partial charge in [0.15, 0.2) is 11.9 Å². The lowest BCUT2D eigenvalue weighted by molar-refractivity contribution is -0.384. The summed E-state index contributed by atoms with van der Waals surface area (Å²) in [5.41, 5.74) is -0.249. The van der Waals surface area contributed by atoms with Crippen molar-refractivity contribution in [2.45, 2.75) is 18.6 Å². The zero-order valence-electron chi connectivity index (χ0n) is 13.7. The number of hydrazone groups is 1. The molecule has 1 saturated heterocycles. The van der Waals surface area contributed by atoms with Gasteiger partial charge in [-0.3, -0.25) is 19.7 Å². The van der Waals surface area contributed by atoms with Crippen LogP contribution in [0.3, 0.4) is 0 Å². The highest BCUT2D eigenvalue weighted by Gasteiger charge is 2.72. The summed E-state index contributed by atoms with van der Waals surface area (Å²) in [4.78, 5) is 35.7. The Balaban J connectivity index is 1.58. The Morgan fingerprint density at radius 1 is 1.19 bits per heavy atom. The van der Waals surface area contributed by atoms with Crippen molar-refractivity contribution in [3.8, 4) is 0 Å². The van der Waals surface area contributed by atoms with Gasteiger partial charge in [0.1, 0.15) is 0 Å². The number of carbonyl (C=O) groups is 2. The number of epoxide rings is 1. The Bertz CT molecular complexity index is 955. The van der Waals surface area contributed by atoms with E-state index in [1.807, 2.05) is 6.07 Å². The highest BCUT2D eigenvalue weighted by atomic mass is 16.6. The minimum atomic E-state index is -1.38. The summed E-state index contributed by atoms with van der Waals surface area (Å²) >= 11 is 0. The minimum Gasteiger partial charge on any atom is -0.341 e. The van der Waals surface area contributed by atoms with E-state index < -0.39 is 28.3 Å². The molecule has 8 heteroatoms. The maximum Gasteiger partial charge on any atom is 0.288 e. The van der Waals surface area contributed by atoms with Gasteiger partial charge in [-0.1, -0.05) is 18.2 Å². The zero-order chi connectivity index (χ0) is 18.5. The van der Waals surface area contributed by atoms with Gasteiger partial charge in [0, 0.05) is 17.7 Å². The van der Waals surface area contributed by atoms with Crippen LogP contribution in [0, 0.1) is 10.1 Å². The lowest BCUT2D eigenvalue weighted by Gasteiger charge is -2.12. The quantitative estimate of drug-likeness (QED) is 0.364. The molecule has 2 unspecified atom stereocenters. The van der Waals surface area contributed by atoms with Gasteiger partial charge in [-0.2, -0.15) is 10.1 Å². The number of ketones is 1. The largest absolute Gasteiger partial charge is 0.341 e. The smallest absolute Gasteiger partial charge is 0.288 e. The number of Topliss-reactive ketones (excluding diaryl/α,β-unsaturated/α-hetero) is 1. The van der Waals surface area contributed by atoms with Crippen LogP contribution in [0.4, 0.5) is 11.4 Å². The third-order valence-corrected chi connectivity index (χ3v) is 4.51. The number of benzene rings is 2. The van der Waals surface area contributed by atoms with E-state index in [2.05, 4.69) is 5.10 Å². The summed E-state index contributed by atoms with van der Waals surface area (Å²) in [6.45, 7) is 1.64. The van der Waals surface area contributed by atoms with Gasteiger partial charge in [-0.25, -0.2) is 0 Å².